The van der Waals surface area contributed by atoms with Crippen LogP contribution in [-0.4, -0.2) is 33.9 Å². The van der Waals surface area contributed by atoms with Crippen molar-refractivity contribution in [3.05, 3.63) is 11.9 Å². The molecule has 0 saturated heterocycles. The third kappa shape index (κ3) is 2.66. The lowest BCUT2D eigenvalue weighted by atomic mass is 10.1. The van der Waals surface area contributed by atoms with Crippen LogP contribution >= 0.6 is 11.3 Å². The van der Waals surface area contributed by atoms with E-state index < -0.39 is 0 Å². The topological polar surface area (TPSA) is 51.5 Å². The van der Waals surface area contributed by atoms with E-state index in [1.54, 1.807) is 18.4 Å². The fourth-order valence-corrected chi connectivity index (χ4v) is 4.52. The monoisotopic (exact) mass is 306 g/mol. The predicted molar refractivity (Wildman–Crippen MR) is 84.1 cm³/mol. The minimum Gasteiger partial charge on any atom is -0.381 e. The Labute approximate surface area is 128 Å². The molecule has 21 heavy (non-hydrogen) atoms. The third-order valence-electron chi connectivity index (χ3n) is 4.88. The molecule has 2 aromatic rings. The highest BCUT2D eigenvalue weighted by Gasteiger charge is 2.26. The normalized spacial score (nSPS) is 26.9. The van der Waals surface area contributed by atoms with E-state index in [1.807, 2.05) is 4.52 Å². The first-order chi connectivity index (χ1) is 10.3. The van der Waals surface area contributed by atoms with Gasteiger partial charge in [-0.2, -0.15) is 0 Å². The van der Waals surface area contributed by atoms with Crippen molar-refractivity contribution in [1.82, 2.24) is 14.6 Å². The van der Waals surface area contributed by atoms with Crippen molar-refractivity contribution in [2.45, 2.75) is 63.0 Å². The molecule has 2 fully saturated rings. The van der Waals surface area contributed by atoms with E-state index in [2.05, 4.69) is 16.6 Å². The fourth-order valence-electron chi connectivity index (χ4n) is 3.65. The zero-order chi connectivity index (χ0) is 14.2. The number of imidazole rings is 1. The molecule has 2 aromatic heterocycles. The van der Waals surface area contributed by atoms with Crippen LogP contribution in [0.3, 0.4) is 0 Å². The van der Waals surface area contributed by atoms with Gasteiger partial charge in [0.05, 0.1) is 18.0 Å². The molecular weight excluding hydrogens is 284 g/mol. The van der Waals surface area contributed by atoms with Crippen molar-refractivity contribution < 1.29 is 4.74 Å². The van der Waals surface area contributed by atoms with Crippen LogP contribution in [0.5, 0.6) is 0 Å². The van der Waals surface area contributed by atoms with Crippen molar-refractivity contribution in [2.24, 2.45) is 0 Å². The molecule has 0 aliphatic heterocycles. The summed E-state index contributed by atoms with van der Waals surface area (Å²) in [6, 6.07) is 0.486. The number of hydrogen-bond donors (Lipinski definition) is 1. The van der Waals surface area contributed by atoms with Gasteiger partial charge in [0.25, 0.3) is 0 Å². The Morgan fingerprint density at radius 3 is 2.86 bits per heavy atom. The van der Waals surface area contributed by atoms with Crippen molar-refractivity contribution in [2.75, 3.05) is 12.4 Å². The summed E-state index contributed by atoms with van der Waals surface area (Å²) in [5, 5.41) is 9.16. The van der Waals surface area contributed by atoms with Crippen LogP contribution < -0.4 is 5.32 Å². The second-order valence-electron chi connectivity index (χ2n) is 6.29. The SMILES string of the molecule is COC1CCC(Nc2nn3cc(C4CCCC4)nc3s2)C1. The van der Waals surface area contributed by atoms with Gasteiger partial charge in [-0.15, -0.1) is 5.10 Å². The molecule has 0 spiro atoms. The van der Waals surface area contributed by atoms with Gasteiger partial charge in [-0.3, -0.25) is 0 Å². The van der Waals surface area contributed by atoms with Crippen LogP contribution in [0.4, 0.5) is 5.13 Å². The molecule has 0 bridgehead atoms. The summed E-state index contributed by atoms with van der Waals surface area (Å²) >= 11 is 1.66. The standard InChI is InChI=1S/C15H22N4OS/c1-20-12-7-6-11(8-12)16-14-18-19-9-13(17-15(19)21-14)10-4-2-3-5-10/h9-12H,2-8H2,1H3,(H,16,18). The Morgan fingerprint density at radius 1 is 1.29 bits per heavy atom. The van der Waals surface area contributed by atoms with Gasteiger partial charge in [0.15, 0.2) is 0 Å². The van der Waals surface area contributed by atoms with Crippen LogP contribution in [0.1, 0.15) is 56.6 Å². The number of anilines is 1. The van der Waals surface area contributed by atoms with Crippen LogP contribution in [0, 0.1) is 0 Å². The second kappa shape index (κ2) is 5.57. The molecular formula is C15H22N4OS. The number of fused-ring (bicyclic) bond motifs is 1. The van der Waals surface area contributed by atoms with E-state index in [4.69, 9.17) is 9.72 Å². The summed E-state index contributed by atoms with van der Waals surface area (Å²) in [6.07, 6.45) is 11.2. The largest absolute Gasteiger partial charge is 0.381 e. The van der Waals surface area contributed by atoms with E-state index in [0.717, 1.165) is 29.4 Å². The van der Waals surface area contributed by atoms with Crippen LogP contribution in [0.15, 0.2) is 6.20 Å². The average Bonchev–Trinajstić information content (AvgIpc) is 3.22. The maximum absolute atomic E-state index is 5.42. The highest BCUT2D eigenvalue weighted by atomic mass is 32.1. The maximum atomic E-state index is 5.42. The van der Waals surface area contributed by atoms with Gasteiger partial charge in [-0.25, -0.2) is 9.50 Å². The smallest absolute Gasteiger partial charge is 0.214 e. The molecule has 114 valence electrons. The molecule has 2 unspecified atom stereocenters. The van der Waals surface area contributed by atoms with Crippen molar-refractivity contribution in [3.63, 3.8) is 0 Å². The summed E-state index contributed by atoms with van der Waals surface area (Å²) in [5.74, 6) is 0.660. The summed E-state index contributed by atoms with van der Waals surface area (Å²) in [5.41, 5.74) is 1.23. The quantitative estimate of drug-likeness (QED) is 0.940. The van der Waals surface area contributed by atoms with E-state index >= 15 is 0 Å². The molecule has 6 heteroatoms. The minimum absolute atomic E-state index is 0.403. The van der Waals surface area contributed by atoms with Gasteiger partial charge in [0.2, 0.25) is 10.1 Å². The number of aromatic nitrogens is 3. The summed E-state index contributed by atoms with van der Waals surface area (Å²) in [4.78, 5) is 5.79. The summed E-state index contributed by atoms with van der Waals surface area (Å²) < 4.78 is 7.37. The molecule has 4 rings (SSSR count). The highest BCUT2D eigenvalue weighted by Crippen LogP contribution is 2.34. The first-order valence-corrected chi connectivity index (χ1v) is 8.79. The number of hydrogen-bond acceptors (Lipinski definition) is 5. The molecule has 0 aromatic carbocycles. The van der Waals surface area contributed by atoms with Crippen LogP contribution in [-0.2, 0) is 4.74 Å². The third-order valence-corrected chi connectivity index (χ3v) is 5.73. The summed E-state index contributed by atoms with van der Waals surface area (Å²) in [6.45, 7) is 0. The Kier molecular flexibility index (Phi) is 3.59. The minimum atomic E-state index is 0.403. The Balaban J connectivity index is 1.46. The maximum Gasteiger partial charge on any atom is 0.214 e. The average molecular weight is 306 g/mol. The van der Waals surface area contributed by atoms with Crippen LogP contribution in [0.2, 0.25) is 0 Å². The van der Waals surface area contributed by atoms with Crippen molar-refractivity contribution in [1.29, 1.82) is 0 Å². The molecule has 2 atom stereocenters. The zero-order valence-corrected chi connectivity index (χ0v) is 13.2. The number of ether oxygens (including phenoxy) is 1. The predicted octanol–water partition coefficient (Wildman–Crippen LogP) is 3.43. The highest BCUT2D eigenvalue weighted by molar-refractivity contribution is 7.20. The second-order valence-corrected chi connectivity index (χ2v) is 7.25. The van der Waals surface area contributed by atoms with Gasteiger partial charge in [0.1, 0.15) is 0 Å². The molecule has 0 amide bonds. The number of methoxy groups -OCH3 is 1. The summed E-state index contributed by atoms with van der Waals surface area (Å²) in [7, 11) is 1.80. The lowest BCUT2D eigenvalue weighted by Crippen LogP contribution is -2.17. The molecule has 2 aliphatic rings. The van der Waals surface area contributed by atoms with E-state index in [9.17, 15) is 0 Å². The lowest BCUT2D eigenvalue weighted by molar-refractivity contribution is 0.108. The first-order valence-electron chi connectivity index (χ1n) is 7.97. The van der Waals surface area contributed by atoms with Gasteiger partial charge < -0.3 is 10.1 Å². The molecule has 2 saturated carbocycles. The molecule has 2 heterocycles. The number of rotatable bonds is 4. The van der Waals surface area contributed by atoms with Crippen molar-refractivity contribution in [3.8, 4) is 0 Å². The molecule has 1 N–H and O–H groups in total. The number of nitrogens with zero attached hydrogens (tertiary/aromatic N) is 3. The van der Waals surface area contributed by atoms with Gasteiger partial charge in [-0.1, -0.05) is 24.2 Å². The number of nitrogens with one attached hydrogen (secondary N) is 1. The fraction of sp³-hybridized carbons (Fsp3) is 0.733. The van der Waals surface area contributed by atoms with Gasteiger partial charge in [0, 0.05) is 19.1 Å². The van der Waals surface area contributed by atoms with Gasteiger partial charge in [-0.05, 0) is 32.1 Å². The Bertz CT molecular complexity index is 585. The molecule has 2 aliphatic carbocycles. The Morgan fingerprint density at radius 2 is 2.14 bits per heavy atom. The molecule has 5 nitrogen and oxygen atoms in total. The van der Waals surface area contributed by atoms with E-state index in [-0.39, 0.29) is 0 Å². The zero-order valence-electron chi connectivity index (χ0n) is 12.4. The Hall–Kier alpha value is -1.14. The lowest BCUT2D eigenvalue weighted by Gasteiger charge is -2.10. The van der Waals surface area contributed by atoms with E-state index in [0.29, 0.717) is 18.1 Å². The first kappa shape index (κ1) is 13.5. The van der Waals surface area contributed by atoms with Crippen LogP contribution in [0.25, 0.3) is 4.96 Å². The van der Waals surface area contributed by atoms with Crippen molar-refractivity contribution >= 4 is 21.4 Å². The molecule has 0 radical (unpaired) electrons. The van der Waals surface area contributed by atoms with Gasteiger partial charge >= 0.3 is 0 Å². The van der Waals surface area contributed by atoms with E-state index in [1.165, 1.54) is 31.4 Å².